The second-order valence-electron chi connectivity index (χ2n) is 7.23. The summed E-state index contributed by atoms with van der Waals surface area (Å²) in [7, 11) is 1.73. The third-order valence-electron chi connectivity index (χ3n) is 5.00. The summed E-state index contributed by atoms with van der Waals surface area (Å²) in [6.45, 7) is 6.61. The highest BCUT2D eigenvalue weighted by Crippen LogP contribution is 2.23. The monoisotopic (exact) mass is 367 g/mol. The van der Waals surface area contributed by atoms with Crippen LogP contribution in [0.15, 0.2) is 48.5 Å². The molecule has 1 fully saturated rings. The van der Waals surface area contributed by atoms with Gasteiger partial charge in [-0.2, -0.15) is 0 Å². The Morgan fingerprint density at radius 1 is 1.19 bits per heavy atom. The number of methoxy groups -OCH3 is 1. The fourth-order valence-electron chi connectivity index (χ4n) is 3.52. The molecule has 3 rings (SSSR count). The molecule has 2 aromatic rings. The maximum Gasteiger partial charge on any atom is 0.319 e. The van der Waals surface area contributed by atoms with Crippen LogP contribution in [-0.4, -0.2) is 50.8 Å². The summed E-state index contributed by atoms with van der Waals surface area (Å²) < 4.78 is 5.13. The second kappa shape index (κ2) is 9.53. The van der Waals surface area contributed by atoms with Gasteiger partial charge in [0, 0.05) is 32.4 Å². The van der Waals surface area contributed by atoms with Crippen LogP contribution in [-0.2, 0) is 4.74 Å². The summed E-state index contributed by atoms with van der Waals surface area (Å²) >= 11 is 0. The molecule has 1 aliphatic rings. The molecule has 2 amide bonds. The van der Waals surface area contributed by atoms with Crippen LogP contribution < -0.4 is 10.6 Å². The van der Waals surface area contributed by atoms with Gasteiger partial charge < -0.3 is 20.3 Å². The Balaban J connectivity index is 1.49. The van der Waals surface area contributed by atoms with Gasteiger partial charge >= 0.3 is 6.03 Å². The van der Waals surface area contributed by atoms with Gasteiger partial charge in [0.25, 0.3) is 0 Å². The van der Waals surface area contributed by atoms with E-state index in [4.69, 9.17) is 4.74 Å². The first-order chi connectivity index (χ1) is 13.1. The zero-order chi connectivity index (χ0) is 19.1. The Bertz CT molecular complexity index is 763. The minimum atomic E-state index is -0.147. The number of anilines is 1. The van der Waals surface area contributed by atoms with Crippen molar-refractivity contribution in [1.29, 1.82) is 0 Å². The number of nitrogens with one attached hydrogen (secondary N) is 2. The van der Waals surface area contributed by atoms with Gasteiger partial charge in [0.05, 0.1) is 6.61 Å². The van der Waals surface area contributed by atoms with Crippen LogP contribution in [0.5, 0.6) is 0 Å². The molecule has 1 aliphatic heterocycles. The molecule has 27 heavy (non-hydrogen) atoms. The fourth-order valence-corrected chi connectivity index (χ4v) is 3.52. The molecule has 5 heteroatoms. The van der Waals surface area contributed by atoms with Crippen LogP contribution in [0.1, 0.15) is 12.0 Å². The Kier molecular flexibility index (Phi) is 6.85. The van der Waals surface area contributed by atoms with E-state index in [0.717, 1.165) is 49.5 Å². The van der Waals surface area contributed by atoms with Gasteiger partial charge in [-0.05, 0) is 49.1 Å². The number of hydrogen-bond acceptors (Lipinski definition) is 3. The normalized spacial score (nSPS) is 17.0. The number of likely N-dealkylation sites (tertiary alicyclic amines) is 1. The smallest absolute Gasteiger partial charge is 0.319 e. The number of hydrogen-bond donors (Lipinski definition) is 2. The molecule has 1 heterocycles. The summed E-state index contributed by atoms with van der Waals surface area (Å²) in [6.07, 6.45) is 1.12. The third-order valence-corrected chi connectivity index (χ3v) is 5.00. The molecule has 0 unspecified atom stereocenters. The fraction of sp³-hybridized carbons (Fsp3) is 0.409. The molecule has 2 N–H and O–H groups in total. The van der Waals surface area contributed by atoms with Crippen LogP contribution in [0.25, 0.3) is 11.1 Å². The number of carbonyl (C=O) groups excluding carboxylic acids is 1. The standard InChI is InChI=1S/C22H29N3O2/c1-17-5-3-6-19(13-17)20-7-4-8-21(14-20)24-22(26)23-15-18-9-10-25(16-18)11-12-27-2/h3-8,13-14,18H,9-12,15-16H2,1-2H3,(H2,23,24,26)/t18-/m1/s1. The van der Waals surface area contributed by atoms with Crippen molar-refractivity contribution in [3.05, 3.63) is 54.1 Å². The first kappa shape index (κ1) is 19.4. The molecule has 0 aromatic heterocycles. The summed E-state index contributed by atoms with van der Waals surface area (Å²) in [4.78, 5) is 14.7. The van der Waals surface area contributed by atoms with Crippen molar-refractivity contribution in [3.8, 4) is 11.1 Å². The molecule has 2 aromatic carbocycles. The van der Waals surface area contributed by atoms with E-state index in [-0.39, 0.29) is 6.03 Å². The van der Waals surface area contributed by atoms with Gasteiger partial charge in [0.2, 0.25) is 0 Å². The van der Waals surface area contributed by atoms with Gasteiger partial charge in [-0.1, -0.05) is 42.0 Å². The molecule has 1 saturated heterocycles. The van der Waals surface area contributed by atoms with E-state index < -0.39 is 0 Å². The lowest BCUT2D eigenvalue weighted by Gasteiger charge is -2.16. The summed E-state index contributed by atoms with van der Waals surface area (Å²) in [5, 5.41) is 5.96. The van der Waals surface area contributed by atoms with E-state index in [1.54, 1.807) is 7.11 Å². The third kappa shape index (κ3) is 5.81. The SMILES string of the molecule is COCCN1CC[C@H](CNC(=O)Nc2cccc(-c3cccc(C)c3)c2)C1. The van der Waals surface area contributed by atoms with E-state index in [1.807, 2.05) is 18.2 Å². The lowest BCUT2D eigenvalue weighted by Crippen LogP contribution is -2.34. The van der Waals surface area contributed by atoms with Gasteiger partial charge in [0.1, 0.15) is 0 Å². The topological polar surface area (TPSA) is 53.6 Å². The molecule has 1 atom stereocenters. The molecule has 0 spiro atoms. The van der Waals surface area contributed by atoms with E-state index in [1.165, 1.54) is 5.56 Å². The van der Waals surface area contributed by atoms with E-state index in [2.05, 4.69) is 52.8 Å². The maximum absolute atomic E-state index is 12.3. The van der Waals surface area contributed by atoms with Crippen molar-refractivity contribution < 1.29 is 9.53 Å². The van der Waals surface area contributed by atoms with E-state index >= 15 is 0 Å². The first-order valence-corrected chi connectivity index (χ1v) is 9.57. The maximum atomic E-state index is 12.3. The zero-order valence-corrected chi connectivity index (χ0v) is 16.2. The lowest BCUT2D eigenvalue weighted by atomic mass is 10.0. The second-order valence-corrected chi connectivity index (χ2v) is 7.23. The highest BCUT2D eigenvalue weighted by molar-refractivity contribution is 5.90. The quantitative estimate of drug-likeness (QED) is 0.784. The number of benzene rings is 2. The highest BCUT2D eigenvalue weighted by atomic mass is 16.5. The predicted molar refractivity (Wildman–Crippen MR) is 110 cm³/mol. The predicted octanol–water partition coefficient (Wildman–Crippen LogP) is 3.75. The summed E-state index contributed by atoms with van der Waals surface area (Å²) in [5.74, 6) is 0.506. The van der Waals surface area contributed by atoms with Crippen LogP contribution in [0.3, 0.4) is 0 Å². The van der Waals surface area contributed by atoms with Crippen molar-refractivity contribution in [2.75, 3.05) is 45.2 Å². The average Bonchev–Trinajstić information content (AvgIpc) is 3.13. The summed E-state index contributed by atoms with van der Waals surface area (Å²) in [6, 6.07) is 16.2. The number of aryl methyl sites for hydroxylation is 1. The van der Waals surface area contributed by atoms with Gasteiger partial charge in [-0.25, -0.2) is 4.79 Å². The van der Waals surface area contributed by atoms with Crippen molar-refractivity contribution in [2.45, 2.75) is 13.3 Å². The Morgan fingerprint density at radius 2 is 1.96 bits per heavy atom. The Morgan fingerprint density at radius 3 is 2.74 bits per heavy atom. The molecule has 0 aliphatic carbocycles. The molecule has 5 nitrogen and oxygen atoms in total. The van der Waals surface area contributed by atoms with Crippen LogP contribution in [0.2, 0.25) is 0 Å². The van der Waals surface area contributed by atoms with Crippen molar-refractivity contribution in [2.24, 2.45) is 5.92 Å². The van der Waals surface area contributed by atoms with E-state index in [0.29, 0.717) is 12.5 Å². The van der Waals surface area contributed by atoms with Crippen molar-refractivity contribution in [1.82, 2.24) is 10.2 Å². The number of rotatable bonds is 7. The van der Waals surface area contributed by atoms with Crippen molar-refractivity contribution >= 4 is 11.7 Å². The van der Waals surface area contributed by atoms with Gasteiger partial charge in [-0.3, -0.25) is 0 Å². The van der Waals surface area contributed by atoms with E-state index in [9.17, 15) is 4.79 Å². The number of urea groups is 1. The first-order valence-electron chi connectivity index (χ1n) is 9.57. The number of amides is 2. The number of nitrogens with zero attached hydrogens (tertiary/aromatic N) is 1. The Labute approximate surface area is 161 Å². The van der Waals surface area contributed by atoms with Crippen LogP contribution >= 0.6 is 0 Å². The largest absolute Gasteiger partial charge is 0.383 e. The lowest BCUT2D eigenvalue weighted by molar-refractivity contribution is 0.159. The summed E-state index contributed by atoms with van der Waals surface area (Å²) in [5.41, 5.74) is 4.28. The molecule has 0 saturated carbocycles. The van der Waals surface area contributed by atoms with Gasteiger partial charge in [0.15, 0.2) is 0 Å². The number of ether oxygens (including phenoxy) is 1. The molecule has 0 bridgehead atoms. The molecule has 0 radical (unpaired) electrons. The molecular formula is C22H29N3O2. The van der Waals surface area contributed by atoms with Crippen LogP contribution in [0.4, 0.5) is 10.5 Å². The van der Waals surface area contributed by atoms with Crippen molar-refractivity contribution in [3.63, 3.8) is 0 Å². The average molecular weight is 367 g/mol. The minimum absolute atomic E-state index is 0.147. The molecular weight excluding hydrogens is 338 g/mol. The van der Waals surface area contributed by atoms with Crippen LogP contribution in [0, 0.1) is 12.8 Å². The number of carbonyl (C=O) groups is 1. The molecule has 144 valence electrons. The Hall–Kier alpha value is -2.37. The highest BCUT2D eigenvalue weighted by Gasteiger charge is 2.22. The minimum Gasteiger partial charge on any atom is -0.383 e. The zero-order valence-electron chi connectivity index (χ0n) is 16.2. The van der Waals surface area contributed by atoms with Gasteiger partial charge in [-0.15, -0.1) is 0 Å².